The van der Waals surface area contributed by atoms with Crippen LogP contribution in [0, 0.1) is 0 Å². The van der Waals surface area contributed by atoms with Crippen molar-refractivity contribution in [2.24, 2.45) is 0 Å². The van der Waals surface area contributed by atoms with Crippen molar-refractivity contribution in [1.82, 2.24) is 10.2 Å². The Morgan fingerprint density at radius 3 is 2.89 bits per heavy atom. The van der Waals surface area contributed by atoms with Crippen LogP contribution in [0.5, 0.6) is 5.75 Å². The predicted octanol–water partition coefficient (Wildman–Crippen LogP) is 1.20. The molecule has 2 N–H and O–H groups in total. The Hall–Kier alpha value is -1.10. The maximum Gasteiger partial charge on any atom is 0.115 e. The third-order valence-electron chi connectivity index (χ3n) is 3.17. The Bertz CT molecular complexity index is 351. The second-order valence-corrected chi connectivity index (χ2v) is 4.65. The van der Waals surface area contributed by atoms with Crippen LogP contribution in [0.2, 0.25) is 0 Å². The summed E-state index contributed by atoms with van der Waals surface area (Å²) >= 11 is 0. The monoisotopic (exact) mass is 250 g/mol. The zero-order valence-electron chi connectivity index (χ0n) is 10.8. The van der Waals surface area contributed by atoms with Gasteiger partial charge in [0, 0.05) is 19.6 Å². The zero-order chi connectivity index (χ0) is 12.6. The van der Waals surface area contributed by atoms with E-state index in [1.807, 2.05) is 12.1 Å². The van der Waals surface area contributed by atoms with E-state index in [1.54, 1.807) is 12.1 Å². The van der Waals surface area contributed by atoms with Gasteiger partial charge in [0.25, 0.3) is 0 Å². The summed E-state index contributed by atoms with van der Waals surface area (Å²) in [4.78, 5) is 2.44. The number of rotatable bonds is 6. The van der Waals surface area contributed by atoms with Crippen molar-refractivity contribution in [3.05, 3.63) is 29.8 Å². The molecular weight excluding hydrogens is 228 g/mol. The molecule has 1 aliphatic rings. The largest absolute Gasteiger partial charge is 0.508 e. The van der Waals surface area contributed by atoms with E-state index in [1.165, 1.54) is 0 Å². The first-order valence-corrected chi connectivity index (χ1v) is 6.63. The maximum atomic E-state index is 9.34. The van der Waals surface area contributed by atoms with Gasteiger partial charge in [0.1, 0.15) is 5.75 Å². The number of benzene rings is 1. The molecule has 0 amide bonds. The molecule has 100 valence electrons. The SMILES string of the molecule is Oc1cccc(CNCCCN2CCOCC2)c1. The van der Waals surface area contributed by atoms with Crippen LogP contribution in [0.4, 0.5) is 0 Å². The van der Waals surface area contributed by atoms with E-state index in [-0.39, 0.29) is 0 Å². The summed E-state index contributed by atoms with van der Waals surface area (Å²) in [6.45, 7) is 6.83. The van der Waals surface area contributed by atoms with Crippen molar-refractivity contribution >= 4 is 0 Å². The molecule has 1 heterocycles. The third-order valence-corrected chi connectivity index (χ3v) is 3.17. The minimum absolute atomic E-state index is 0.336. The standard InChI is InChI=1S/C14H22N2O2/c17-14-4-1-3-13(11-14)12-15-5-2-6-16-7-9-18-10-8-16/h1,3-4,11,15,17H,2,5-10,12H2. The van der Waals surface area contributed by atoms with Crippen LogP contribution in [0.15, 0.2) is 24.3 Å². The molecule has 18 heavy (non-hydrogen) atoms. The van der Waals surface area contributed by atoms with Gasteiger partial charge in [-0.15, -0.1) is 0 Å². The first-order chi connectivity index (χ1) is 8.84. The summed E-state index contributed by atoms with van der Waals surface area (Å²) in [5, 5.41) is 12.7. The smallest absolute Gasteiger partial charge is 0.115 e. The van der Waals surface area contributed by atoms with Crippen LogP contribution >= 0.6 is 0 Å². The number of aromatic hydroxyl groups is 1. The van der Waals surface area contributed by atoms with E-state index in [0.717, 1.165) is 57.9 Å². The first-order valence-electron chi connectivity index (χ1n) is 6.63. The molecule has 0 radical (unpaired) electrons. The average molecular weight is 250 g/mol. The molecule has 0 unspecified atom stereocenters. The Balaban J connectivity index is 1.55. The molecule has 0 aromatic heterocycles. The Labute approximate surface area is 109 Å². The summed E-state index contributed by atoms with van der Waals surface area (Å²) in [5.41, 5.74) is 1.13. The maximum absolute atomic E-state index is 9.34. The van der Waals surface area contributed by atoms with E-state index < -0.39 is 0 Å². The van der Waals surface area contributed by atoms with Gasteiger partial charge in [-0.05, 0) is 37.2 Å². The van der Waals surface area contributed by atoms with Gasteiger partial charge in [-0.25, -0.2) is 0 Å². The number of hydrogen-bond acceptors (Lipinski definition) is 4. The van der Waals surface area contributed by atoms with E-state index in [2.05, 4.69) is 10.2 Å². The summed E-state index contributed by atoms with van der Waals surface area (Å²) in [6.07, 6.45) is 1.15. The normalized spacial score (nSPS) is 16.9. The molecule has 2 rings (SSSR count). The minimum Gasteiger partial charge on any atom is -0.508 e. The Morgan fingerprint density at radius 2 is 2.11 bits per heavy atom. The number of morpholine rings is 1. The van der Waals surface area contributed by atoms with Crippen LogP contribution in [0.25, 0.3) is 0 Å². The second kappa shape index (κ2) is 7.36. The molecular formula is C14H22N2O2. The molecule has 0 atom stereocenters. The average Bonchev–Trinajstić information content (AvgIpc) is 2.40. The van der Waals surface area contributed by atoms with Crippen LogP contribution in [-0.2, 0) is 11.3 Å². The van der Waals surface area contributed by atoms with Gasteiger partial charge >= 0.3 is 0 Å². The van der Waals surface area contributed by atoms with Gasteiger partial charge in [0.2, 0.25) is 0 Å². The van der Waals surface area contributed by atoms with E-state index in [4.69, 9.17) is 4.74 Å². The fraction of sp³-hybridized carbons (Fsp3) is 0.571. The summed E-state index contributed by atoms with van der Waals surface area (Å²) in [7, 11) is 0. The first kappa shape index (κ1) is 13.3. The van der Waals surface area contributed by atoms with Gasteiger partial charge in [0.15, 0.2) is 0 Å². The lowest BCUT2D eigenvalue weighted by molar-refractivity contribution is 0.0374. The number of ether oxygens (including phenoxy) is 1. The topological polar surface area (TPSA) is 44.7 Å². The van der Waals surface area contributed by atoms with Gasteiger partial charge in [0.05, 0.1) is 13.2 Å². The van der Waals surface area contributed by atoms with Crippen molar-refractivity contribution in [3.8, 4) is 5.75 Å². The molecule has 0 saturated carbocycles. The molecule has 4 heteroatoms. The van der Waals surface area contributed by atoms with Crippen molar-refractivity contribution < 1.29 is 9.84 Å². The third kappa shape index (κ3) is 4.64. The van der Waals surface area contributed by atoms with Crippen LogP contribution in [0.3, 0.4) is 0 Å². The van der Waals surface area contributed by atoms with Gasteiger partial charge in [-0.1, -0.05) is 12.1 Å². The van der Waals surface area contributed by atoms with E-state index >= 15 is 0 Å². The lowest BCUT2D eigenvalue weighted by Crippen LogP contribution is -2.37. The number of phenols is 1. The summed E-state index contributed by atoms with van der Waals surface area (Å²) in [6, 6.07) is 7.39. The van der Waals surface area contributed by atoms with E-state index in [9.17, 15) is 5.11 Å². The highest BCUT2D eigenvalue weighted by Gasteiger charge is 2.08. The summed E-state index contributed by atoms with van der Waals surface area (Å²) < 4.78 is 5.32. The zero-order valence-corrected chi connectivity index (χ0v) is 10.8. The molecule has 0 bridgehead atoms. The Kier molecular flexibility index (Phi) is 5.45. The highest BCUT2D eigenvalue weighted by molar-refractivity contribution is 5.26. The Morgan fingerprint density at radius 1 is 1.28 bits per heavy atom. The van der Waals surface area contributed by atoms with Gasteiger partial charge in [-0.2, -0.15) is 0 Å². The number of phenolic OH excluding ortho intramolecular Hbond substituents is 1. The van der Waals surface area contributed by atoms with Crippen molar-refractivity contribution in [2.75, 3.05) is 39.4 Å². The molecule has 0 aliphatic carbocycles. The van der Waals surface area contributed by atoms with Crippen molar-refractivity contribution in [2.45, 2.75) is 13.0 Å². The quantitative estimate of drug-likeness (QED) is 0.745. The minimum atomic E-state index is 0.336. The number of nitrogens with one attached hydrogen (secondary N) is 1. The molecule has 0 spiro atoms. The predicted molar refractivity (Wildman–Crippen MR) is 71.7 cm³/mol. The van der Waals surface area contributed by atoms with E-state index in [0.29, 0.717) is 5.75 Å². The molecule has 1 saturated heterocycles. The lowest BCUT2D eigenvalue weighted by Gasteiger charge is -2.26. The fourth-order valence-corrected chi connectivity index (χ4v) is 2.15. The summed E-state index contributed by atoms with van der Waals surface area (Å²) in [5.74, 6) is 0.336. The van der Waals surface area contributed by atoms with Crippen molar-refractivity contribution in [1.29, 1.82) is 0 Å². The van der Waals surface area contributed by atoms with Gasteiger partial charge < -0.3 is 15.2 Å². The van der Waals surface area contributed by atoms with Crippen molar-refractivity contribution in [3.63, 3.8) is 0 Å². The molecule has 4 nitrogen and oxygen atoms in total. The lowest BCUT2D eigenvalue weighted by atomic mass is 10.2. The molecule has 1 aromatic rings. The van der Waals surface area contributed by atoms with Gasteiger partial charge in [-0.3, -0.25) is 4.90 Å². The number of nitrogens with zero attached hydrogens (tertiary/aromatic N) is 1. The number of hydrogen-bond donors (Lipinski definition) is 2. The second-order valence-electron chi connectivity index (χ2n) is 4.65. The highest BCUT2D eigenvalue weighted by Crippen LogP contribution is 2.10. The van der Waals surface area contributed by atoms with Crippen LogP contribution in [0.1, 0.15) is 12.0 Å². The van der Waals surface area contributed by atoms with Crippen LogP contribution in [-0.4, -0.2) is 49.4 Å². The molecule has 1 aliphatic heterocycles. The molecule has 1 aromatic carbocycles. The molecule has 1 fully saturated rings. The fourth-order valence-electron chi connectivity index (χ4n) is 2.15. The van der Waals surface area contributed by atoms with Crippen LogP contribution < -0.4 is 5.32 Å². The highest BCUT2D eigenvalue weighted by atomic mass is 16.5.